The van der Waals surface area contributed by atoms with E-state index in [9.17, 15) is 74.6 Å². The van der Waals surface area contributed by atoms with E-state index in [1.165, 1.54) is 44.2 Å². The Morgan fingerprint density at radius 2 is 0.811 bits per heavy atom. The van der Waals surface area contributed by atoms with Gasteiger partial charge in [0.15, 0.2) is 0 Å². The van der Waals surface area contributed by atoms with Crippen molar-refractivity contribution in [3.05, 3.63) is 35.9 Å². The predicted octanol–water partition coefficient (Wildman–Crippen LogP) is 9.14. The van der Waals surface area contributed by atoms with Crippen LogP contribution in [0, 0.1) is 0 Å². The third kappa shape index (κ3) is 5.06. The van der Waals surface area contributed by atoms with E-state index in [0.717, 1.165) is 0 Å². The van der Waals surface area contributed by atoms with Crippen molar-refractivity contribution in [1.82, 2.24) is 0 Å². The normalized spacial score (nSPS) is 15.8. The van der Waals surface area contributed by atoms with Crippen LogP contribution in [0.15, 0.2) is 30.3 Å². The minimum Gasteiger partial charge on any atom is -0.200 e. The van der Waals surface area contributed by atoms with Gasteiger partial charge in [0.25, 0.3) is 0 Å². The maximum atomic E-state index is 14.0. The fourth-order valence-electron chi connectivity index (χ4n) is 3.14. The summed E-state index contributed by atoms with van der Waals surface area (Å²) in [5, 5.41) is 0. The van der Waals surface area contributed by atoms with E-state index in [4.69, 9.17) is 0 Å². The molecule has 0 nitrogen and oxygen atoms in total. The van der Waals surface area contributed by atoms with Gasteiger partial charge in [-0.05, 0) is 23.8 Å². The smallest absolute Gasteiger partial charge is 0.200 e. The number of halogens is 17. The summed E-state index contributed by atoms with van der Waals surface area (Å²) in [4.78, 5) is 0. The van der Waals surface area contributed by atoms with Gasteiger partial charge in [0.1, 0.15) is 0 Å². The predicted molar refractivity (Wildman–Crippen MR) is 94.0 cm³/mol. The van der Waals surface area contributed by atoms with Crippen LogP contribution in [0.25, 0.3) is 0 Å². The quantitative estimate of drug-likeness (QED) is 0.229. The van der Waals surface area contributed by atoms with E-state index < -0.39 is 72.3 Å². The van der Waals surface area contributed by atoms with Crippen LogP contribution >= 0.6 is 0 Å². The molecule has 0 N–H and O–H groups in total. The Labute approximate surface area is 197 Å². The summed E-state index contributed by atoms with van der Waals surface area (Å²) < 4.78 is 226. The molecule has 0 bridgehead atoms. The van der Waals surface area contributed by atoms with Crippen LogP contribution in [0.3, 0.4) is 0 Å². The summed E-state index contributed by atoms with van der Waals surface area (Å²) in [7, 11) is 0. The average molecular weight is 580 g/mol. The molecule has 0 radical (unpaired) electrons. The molecule has 0 aliphatic carbocycles. The summed E-state index contributed by atoms with van der Waals surface area (Å²) in [6.45, 7) is 2.73. The maximum absolute atomic E-state index is 14.0. The first kappa shape index (κ1) is 33.1. The van der Waals surface area contributed by atoms with Crippen molar-refractivity contribution in [2.45, 2.75) is 86.2 Å². The van der Waals surface area contributed by atoms with Gasteiger partial charge >= 0.3 is 47.6 Å². The third-order valence-electron chi connectivity index (χ3n) is 5.63. The molecule has 0 saturated heterocycles. The molecule has 0 amide bonds. The monoisotopic (exact) mass is 580 g/mol. The standard InChI is InChI=1S/C20H17F17/c1-12(2,11-7-4-3-5-8-11)9-6-10-13(21,22)14(23,24)15(25,26)16(27,28)17(29,30)18(31,32)19(33,34)20(35,36)37/h3-5,7-8H,6,9-10H2,1-2H3. The van der Waals surface area contributed by atoms with Crippen molar-refractivity contribution in [3.8, 4) is 0 Å². The van der Waals surface area contributed by atoms with E-state index in [-0.39, 0.29) is 0 Å². The number of alkyl halides is 17. The molecule has 1 rings (SSSR count). The highest BCUT2D eigenvalue weighted by molar-refractivity contribution is 5.23. The van der Waals surface area contributed by atoms with Crippen molar-refractivity contribution in [2.75, 3.05) is 0 Å². The topological polar surface area (TPSA) is 0 Å². The average Bonchev–Trinajstić information content (AvgIpc) is 2.72. The summed E-state index contributed by atoms with van der Waals surface area (Å²) in [6.07, 6.45) is -11.9. The van der Waals surface area contributed by atoms with Gasteiger partial charge in [-0.25, -0.2) is 0 Å². The molecule has 17 heteroatoms. The molecule has 0 aliphatic rings. The lowest BCUT2D eigenvalue weighted by Crippen LogP contribution is -2.74. The summed E-state index contributed by atoms with van der Waals surface area (Å²) >= 11 is 0. The largest absolute Gasteiger partial charge is 0.460 e. The second kappa shape index (κ2) is 9.35. The van der Waals surface area contributed by atoms with E-state index >= 15 is 0 Å². The molecule has 37 heavy (non-hydrogen) atoms. The van der Waals surface area contributed by atoms with Crippen LogP contribution in [0.1, 0.15) is 38.7 Å². The van der Waals surface area contributed by atoms with Crippen LogP contribution in [-0.2, 0) is 5.41 Å². The van der Waals surface area contributed by atoms with Crippen LogP contribution in [0.5, 0.6) is 0 Å². The van der Waals surface area contributed by atoms with Gasteiger partial charge < -0.3 is 0 Å². The number of rotatable bonds is 11. The molecule has 0 fully saturated rings. The molecule has 0 unspecified atom stereocenters. The molecule has 1 aromatic carbocycles. The molecular weight excluding hydrogens is 563 g/mol. The first-order chi connectivity index (χ1) is 16.1. The van der Waals surface area contributed by atoms with Gasteiger partial charge in [0.2, 0.25) is 0 Å². The Morgan fingerprint density at radius 3 is 1.19 bits per heavy atom. The number of hydrogen-bond acceptors (Lipinski definition) is 0. The molecule has 0 aliphatic heterocycles. The fraction of sp³-hybridized carbons (Fsp3) is 0.700. The van der Waals surface area contributed by atoms with Gasteiger partial charge in [-0.2, -0.15) is 74.6 Å². The highest BCUT2D eigenvalue weighted by Crippen LogP contribution is 2.64. The second-order valence-electron chi connectivity index (χ2n) is 8.75. The van der Waals surface area contributed by atoms with E-state index in [0.29, 0.717) is 5.56 Å². The van der Waals surface area contributed by atoms with Gasteiger partial charge in [-0.15, -0.1) is 0 Å². The summed E-state index contributed by atoms with van der Waals surface area (Å²) in [5.41, 5.74) is -0.702. The highest BCUT2D eigenvalue weighted by Gasteiger charge is 2.95. The van der Waals surface area contributed by atoms with Crippen LogP contribution in [-0.4, -0.2) is 47.6 Å². The second-order valence-corrected chi connectivity index (χ2v) is 8.75. The van der Waals surface area contributed by atoms with E-state index in [1.54, 1.807) is 0 Å². The lowest BCUT2D eigenvalue weighted by molar-refractivity contribution is -0.461. The van der Waals surface area contributed by atoms with Gasteiger partial charge in [-0.3, -0.25) is 0 Å². The van der Waals surface area contributed by atoms with Gasteiger partial charge in [0, 0.05) is 6.42 Å². The van der Waals surface area contributed by atoms with Crippen molar-refractivity contribution in [1.29, 1.82) is 0 Å². The molecule has 0 saturated carbocycles. The van der Waals surface area contributed by atoms with E-state index in [2.05, 4.69) is 0 Å². The third-order valence-corrected chi connectivity index (χ3v) is 5.63. The number of benzene rings is 1. The summed E-state index contributed by atoms with van der Waals surface area (Å²) in [6, 6.07) is 7.36. The fourth-order valence-corrected chi connectivity index (χ4v) is 3.14. The van der Waals surface area contributed by atoms with Crippen molar-refractivity contribution < 1.29 is 74.6 Å². The SMILES string of the molecule is CC(C)(CCCC(F)(F)C(F)(F)C(F)(F)C(F)(F)C(F)(F)C(F)(F)C(F)(F)C(F)(F)F)c1ccccc1. The molecule has 0 atom stereocenters. The lowest BCUT2D eigenvalue weighted by Gasteiger charge is -2.43. The first-order valence-corrected chi connectivity index (χ1v) is 9.83. The zero-order chi connectivity index (χ0) is 29.7. The zero-order valence-electron chi connectivity index (χ0n) is 18.4. The van der Waals surface area contributed by atoms with Crippen molar-refractivity contribution in [2.24, 2.45) is 0 Å². The van der Waals surface area contributed by atoms with Gasteiger partial charge in [-0.1, -0.05) is 44.2 Å². The first-order valence-electron chi connectivity index (χ1n) is 9.83. The maximum Gasteiger partial charge on any atom is 0.460 e. The van der Waals surface area contributed by atoms with Crippen molar-refractivity contribution in [3.63, 3.8) is 0 Å². The summed E-state index contributed by atoms with van der Waals surface area (Å²) in [5.74, 6) is -56.0. The molecule has 216 valence electrons. The minimum atomic E-state index is -8.60. The van der Waals surface area contributed by atoms with Crippen LogP contribution in [0.4, 0.5) is 74.6 Å². The molecule has 1 aromatic rings. The Hall–Kier alpha value is -1.97. The Morgan fingerprint density at radius 1 is 0.459 bits per heavy atom. The molecular formula is C20H17F17. The van der Waals surface area contributed by atoms with Crippen molar-refractivity contribution >= 4 is 0 Å². The minimum absolute atomic E-state index is 0.411. The molecule has 0 heterocycles. The lowest BCUT2D eigenvalue weighted by atomic mass is 9.79. The highest BCUT2D eigenvalue weighted by atomic mass is 19.4. The van der Waals surface area contributed by atoms with Gasteiger partial charge in [0.05, 0.1) is 0 Å². The molecule has 0 spiro atoms. The Kier molecular flexibility index (Phi) is 8.35. The zero-order valence-corrected chi connectivity index (χ0v) is 18.4. The van der Waals surface area contributed by atoms with E-state index in [1.807, 2.05) is 0 Å². The Balaban J connectivity index is 3.34. The van der Waals surface area contributed by atoms with Crippen LogP contribution < -0.4 is 0 Å². The van der Waals surface area contributed by atoms with Crippen LogP contribution in [0.2, 0.25) is 0 Å². The number of hydrogen-bond donors (Lipinski definition) is 0. The molecule has 0 aromatic heterocycles. The Bertz CT molecular complexity index is 913.